The van der Waals surface area contributed by atoms with Crippen LogP contribution in [0.2, 0.25) is 0 Å². The molecule has 0 radical (unpaired) electrons. The van der Waals surface area contributed by atoms with Crippen molar-refractivity contribution in [2.75, 3.05) is 14.2 Å². The predicted molar refractivity (Wildman–Crippen MR) is 94.3 cm³/mol. The van der Waals surface area contributed by atoms with E-state index in [1.807, 2.05) is 0 Å². The minimum absolute atomic E-state index is 0.114. The molecule has 0 fully saturated rings. The molecule has 0 aliphatic heterocycles. The number of hydrogen-bond donors (Lipinski definition) is 1. The lowest BCUT2D eigenvalue weighted by Crippen LogP contribution is -2.23. The number of ether oxygens (including phenoxy) is 2. The number of ketones is 2. The molecule has 0 bridgehead atoms. The molecule has 0 saturated carbocycles. The first kappa shape index (κ1) is 18.7. The SMILES string of the molecule is CCCCCC/C(=N/O)C1=CC(=O)c2c(OC)ccc(OC)c2C1=O. The first-order chi connectivity index (χ1) is 12.1. The second kappa shape index (κ2) is 8.46. The van der Waals surface area contributed by atoms with Crippen molar-refractivity contribution in [1.82, 2.24) is 0 Å². The second-order valence-corrected chi connectivity index (χ2v) is 5.83. The minimum Gasteiger partial charge on any atom is -0.496 e. The molecule has 6 nitrogen and oxygen atoms in total. The van der Waals surface area contributed by atoms with Crippen LogP contribution in [-0.2, 0) is 0 Å². The zero-order valence-corrected chi connectivity index (χ0v) is 14.8. The number of unbranched alkanes of at least 4 members (excludes halogenated alkanes) is 3. The van der Waals surface area contributed by atoms with Crippen molar-refractivity contribution in [3.63, 3.8) is 0 Å². The average Bonchev–Trinajstić information content (AvgIpc) is 2.64. The van der Waals surface area contributed by atoms with Crippen LogP contribution in [0.15, 0.2) is 28.9 Å². The van der Waals surface area contributed by atoms with Crippen molar-refractivity contribution >= 4 is 17.3 Å². The molecule has 0 saturated heterocycles. The van der Waals surface area contributed by atoms with Gasteiger partial charge in [0.2, 0.25) is 0 Å². The highest BCUT2D eigenvalue weighted by Gasteiger charge is 2.33. The molecule has 1 aliphatic rings. The van der Waals surface area contributed by atoms with E-state index in [1.165, 1.54) is 20.3 Å². The van der Waals surface area contributed by atoms with E-state index in [1.54, 1.807) is 12.1 Å². The number of methoxy groups -OCH3 is 2. The molecule has 0 unspecified atom stereocenters. The van der Waals surface area contributed by atoms with Gasteiger partial charge in [-0.2, -0.15) is 0 Å². The van der Waals surface area contributed by atoms with Crippen molar-refractivity contribution < 1.29 is 24.3 Å². The summed E-state index contributed by atoms with van der Waals surface area (Å²) in [5, 5.41) is 12.6. The van der Waals surface area contributed by atoms with Crippen LogP contribution >= 0.6 is 0 Å². The molecule has 134 valence electrons. The average molecular weight is 345 g/mol. The van der Waals surface area contributed by atoms with Crippen molar-refractivity contribution in [1.29, 1.82) is 0 Å². The quantitative estimate of drug-likeness (QED) is 0.335. The third-order valence-electron chi connectivity index (χ3n) is 4.26. The Morgan fingerprint density at radius 1 is 1.04 bits per heavy atom. The third-order valence-corrected chi connectivity index (χ3v) is 4.26. The number of nitrogens with zero attached hydrogens (tertiary/aromatic N) is 1. The van der Waals surface area contributed by atoms with Gasteiger partial charge in [-0.25, -0.2) is 0 Å². The Morgan fingerprint density at radius 2 is 1.68 bits per heavy atom. The lowest BCUT2D eigenvalue weighted by molar-refractivity contribution is 0.0983. The van der Waals surface area contributed by atoms with Gasteiger partial charge in [0.15, 0.2) is 11.6 Å². The fourth-order valence-electron chi connectivity index (χ4n) is 2.95. The van der Waals surface area contributed by atoms with Gasteiger partial charge in [0.05, 0.1) is 36.6 Å². The van der Waals surface area contributed by atoms with Gasteiger partial charge in [-0.15, -0.1) is 0 Å². The summed E-state index contributed by atoms with van der Waals surface area (Å²) in [6.07, 6.45) is 5.56. The molecule has 0 amide bonds. The second-order valence-electron chi connectivity index (χ2n) is 5.83. The van der Waals surface area contributed by atoms with Crippen molar-refractivity contribution in [3.8, 4) is 11.5 Å². The van der Waals surface area contributed by atoms with Crippen LogP contribution in [-0.4, -0.2) is 36.7 Å². The molecule has 1 N–H and O–H groups in total. The molecule has 0 heterocycles. The number of fused-ring (bicyclic) bond motifs is 1. The van der Waals surface area contributed by atoms with Crippen molar-refractivity contribution in [3.05, 3.63) is 34.9 Å². The highest BCUT2D eigenvalue weighted by Crippen LogP contribution is 2.36. The van der Waals surface area contributed by atoms with Crippen molar-refractivity contribution in [2.24, 2.45) is 5.16 Å². The topological polar surface area (TPSA) is 85.2 Å². The Labute approximate surface area is 147 Å². The smallest absolute Gasteiger partial charge is 0.199 e. The van der Waals surface area contributed by atoms with Gasteiger partial charge in [0, 0.05) is 0 Å². The number of carbonyl (C=O) groups excluding carboxylic acids is 2. The van der Waals surface area contributed by atoms with E-state index in [0.29, 0.717) is 17.9 Å². The number of carbonyl (C=O) groups is 2. The Bertz CT molecular complexity index is 734. The minimum atomic E-state index is -0.395. The standard InChI is InChI=1S/C19H23NO5/c1-4-5-6-7-8-13(20-23)12-11-14(21)17-15(24-2)9-10-16(25-3)18(17)19(12)22/h9-11,23H,4-8H2,1-3H3/b20-13-. The highest BCUT2D eigenvalue weighted by molar-refractivity contribution is 6.37. The monoisotopic (exact) mass is 345 g/mol. The van der Waals surface area contributed by atoms with Crippen molar-refractivity contribution in [2.45, 2.75) is 39.0 Å². The van der Waals surface area contributed by atoms with E-state index in [9.17, 15) is 14.8 Å². The number of Topliss-reactive ketones (excluding diaryl/α,β-unsaturated/α-hetero) is 1. The maximum atomic E-state index is 13.0. The molecule has 0 atom stereocenters. The lowest BCUT2D eigenvalue weighted by atomic mass is 9.85. The summed E-state index contributed by atoms with van der Waals surface area (Å²) in [7, 11) is 2.87. The number of rotatable bonds is 8. The molecule has 1 aromatic carbocycles. The van der Waals surface area contributed by atoms with E-state index in [4.69, 9.17) is 9.47 Å². The summed E-state index contributed by atoms with van der Waals surface area (Å²) in [5.74, 6) is -0.151. The molecule has 2 rings (SSSR count). The third kappa shape index (κ3) is 3.73. The van der Waals surface area contributed by atoms with Crippen LogP contribution in [0.3, 0.4) is 0 Å². The maximum Gasteiger partial charge on any atom is 0.199 e. The molecule has 1 aromatic rings. The number of oxime groups is 1. The highest BCUT2D eigenvalue weighted by atomic mass is 16.5. The molecular weight excluding hydrogens is 322 g/mol. The van der Waals surface area contributed by atoms with Gasteiger partial charge < -0.3 is 14.7 Å². The predicted octanol–water partition coefficient (Wildman–Crippen LogP) is 3.81. The first-order valence-electron chi connectivity index (χ1n) is 8.36. The van der Waals surface area contributed by atoms with Crippen LogP contribution in [0.4, 0.5) is 0 Å². The van der Waals surface area contributed by atoms with E-state index in [0.717, 1.165) is 25.7 Å². The van der Waals surface area contributed by atoms with Crippen LogP contribution < -0.4 is 9.47 Å². The largest absolute Gasteiger partial charge is 0.496 e. The summed E-state index contributed by atoms with van der Waals surface area (Å²) in [6.45, 7) is 2.10. The zero-order valence-electron chi connectivity index (χ0n) is 14.8. The number of benzene rings is 1. The molecular formula is C19H23NO5. The van der Waals surface area contributed by atoms with Gasteiger partial charge in [-0.05, 0) is 31.1 Å². The fourth-order valence-corrected chi connectivity index (χ4v) is 2.95. The van der Waals surface area contributed by atoms with Gasteiger partial charge in [-0.1, -0.05) is 31.3 Å². The summed E-state index contributed by atoms with van der Waals surface area (Å²) in [6, 6.07) is 3.18. The van der Waals surface area contributed by atoms with Gasteiger partial charge in [0.1, 0.15) is 11.5 Å². The summed E-state index contributed by atoms with van der Waals surface area (Å²) >= 11 is 0. The van der Waals surface area contributed by atoms with E-state index < -0.39 is 5.78 Å². The van der Waals surface area contributed by atoms with Crippen LogP contribution in [0.1, 0.15) is 59.7 Å². The Morgan fingerprint density at radius 3 is 2.24 bits per heavy atom. The molecule has 25 heavy (non-hydrogen) atoms. The number of allylic oxidation sites excluding steroid dienone is 2. The van der Waals surface area contributed by atoms with Gasteiger partial charge in [-0.3, -0.25) is 9.59 Å². The summed E-state index contributed by atoms with van der Waals surface area (Å²) < 4.78 is 10.5. The summed E-state index contributed by atoms with van der Waals surface area (Å²) in [4.78, 5) is 25.5. The van der Waals surface area contributed by atoms with Gasteiger partial charge in [0.25, 0.3) is 0 Å². The number of hydrogen-bond acceptors (Lipinski definition) is 6. The fraction of sp³-hybridized carbons (Fsp3) is 0.421. The summed E-state index contributed by atoms with van der Waals surface area (Å²) in [5.41, 5.74) is 0.672. The normalized spacial score (nSPS) is 14.2. The van der Waals surface area contributed by atoms with Crippen LogP contribution in [0, 0.1) is 0 Å². The van der Waals surface area contributed by atoms with Gasteiger partial charge >= 0.3 is 0 Å². The van der Waals surface area contributed by atoms with Crippen LogP contribution in [0.5, 0.6) is 11.5 Å². The molecule has 0 aromatic heterocycles. The first-order valence-corrected chi connectivity index (χ1v) is 8.36. The molecule has 1 aliphatic carbocycles. The zero-order chi connectivity index (χ0) is 18.4. The maximum absolute atomic E-state index is 13.0. The lowest BCUT2D eigenvalue weighted by Gasteiger charge is -2.20. The van der Waals surface area contributed by atoms with E-state index in [-0.39, 0.29) is 28.2 Å². The molecule has 6 heteroatoms. The Hall–Kier alpha value is -2.63. The van der Waals surface area contributed by atoms with E-state index in [2.05, 4.69) is 12.1 Å². The van der Waals surface area contributed by atoms with Crippen LogP contribution in [0.25, 0.3) is 0 Å². The van der Waals surface area contributed by atoms with E-state index >= 15 is 0 Å². The Kier molecular flexibility index (Phi) is 6.33. The molecule has 0 spiro atoms. The Balaban J connectivity index is 2.40.